The summed E-state index contributed by atoms with van der Waals surface area (Å²) in [5, 5.41) is 0. The highest BCUT2D eigenvalue weighted by Crippen LogP contribution is 2.07. The number of benzene rings is 1. The second-order valence-corrected chi connectivity index (χ2v) is 2.92. The molecule has 0 aliphatic rings. The molecule has 0 aliphatic heterocycles. The minimum atomic E-state index is -0.473. The molecule has 0 amide bonds. The lowest BCUT2D eigenvalue weighted by Crippen LogP contribution is -2.08. The van der Waals surface area contributed by atoms with Crippen molar-refractivity contribution >= 4 is 12.3 Å². The standard InChI is InChI=1S/C12H12O3/c1-2-3-8-15-12(14)11-7-5-4-6-10(11)9-13/h2,4-7,9H,1,3,8H2. The van der Waals surface area contributed by atoms with Crippen molar-refractivity contribution in [1.29, 1.82) is 0 Å². The molecule has 3 nitrogen and oxygen atoms in total. The van der Waals surface area contributed by atoms with E-state index in [0.717, 1.165) is 0 Å². The van der Waals surface area contributed by atoms with Gasteiger partial charge in [0, 0.05) is 5.56 Å². The van der Waals surface area contributed by atoms with Crippen LogP contribution in [0.15, 0.2) is 36.9 Å². The highest BCUT2D eigenvalue weighted by molar-refractivity contribution is 5.98. The predicted molar refractivity (Wildman–Crippen MR) is 56.9 cm³/mol. The van der Waals surface area contributed by atoms with Crippen LogP contribution in [0.1, 0.15) is 27.1 Å². The van der Waals surface area contributed by atoms with Gasteiger partial charge in [0.1, 0.15) is 0 Å². The molecule has 3 heteroatoms. The van der Waals surface area contributed by atoms with Gasteiger partial charge in [0.25, 0.3) is 0 Å². The quantitative estimate of drug-likeness (QED) is 0.320. The Morgan fingerprint density at radius 2 is 2.13 bits per heavy atom. The maximum absolute atomic E-state index is 11.5. The smallest absolute Gasteiger partial charge is 0.338 e. The van der Waals surface area contributed by atoms with Crippen LogP contribution in [-0.4, -0.2) is 18.9 Å². The summed E-state index contributed by atoms with van der Waals surface area (Å²) < 4.78 is 4.94. The number of carbonyl (C=O) groups is 2. The zero-order chi connectivity index (χ0) is 11.1. The lowest BCUT2D eigenvalue weighted by atomic mass is 10.1. The van der Waals surface area contributed by atoms with Gasteiger partial charge in [-0.1, -0.05) is 24.3 Å². The van der Waals surface area contributed by atoms with Crippen LogP contribution in [0.25, 0.3) is 0 Å². The number of hydrogen-bond donors (Lipinski definition) is 0. The third-order valence-electron chi connectivity index (χ3n) is 1.86. The van der Waals surface area contributed by atoms with E-state index in [9.17, 15) is 9.59 Å². The van der Waals surface area contributed by atoms with Gasteiger partial charge in [-0.2, -0.15) is 0 Å². The first-order valence-corrected chi connectivity index (χ1v) is 4.62. The van der Waals surface area contributed by atoms with Crippen LogP contribution in [0.3, 0.4) is 0 Å². The highest BCUT2D eigenvalue weighted by atomic mass is 16.5. The second kappa shape index (κ2) is 5.75. The highest BCUT2D eigenvalue weighted by Gasteiger charge is 2.10. The van der Waals surface area contributed by atoms with Crippen LogP contribution >= 0.6 is 0 Å². The van der Waals surface area contributed by atoms with Gasteiger partial charge in [0.15, 0.2) is 6.29 Å². The van der Waals surface area contributed by atoms with Crippen LogP contribution < -0.4 is 0 Å². The Kier molecular flexibility index (Phi) is 4.29. The molecule has 0 atom stereocenters. The van der Waals surface area contributed by atoms with E-state index in [2.05, 4.69) is 6.58 Å². The van der Waals surface area contributed by atoms with E-state index in [1.165, 1.54) is 0 Å². The van der Waals surface area contributed by atoms with E-state index in [-0.39, 0.29) is 6.61 Å². The van der Waals surface area contributed by atoms with Crippen LogP contribution in [0.2, 0.25) is 0 Å². The van der Waals surface area contributed by atoms with Crippen molar-refractivity contribution in [2.45, 2.75) is 6.42 Å². The first kappa shape index (κ1) is 11.2. The van der Waals surface area contributed by atoms with Gasteiger partial charge in [-0.3, -0.25) is 4.79 Å². The molecule has 0 unspecified atom stereocenters. The van der Waals surface area contributed by atoms with E-state index in [4.69, 9.17) is 4.74 Å². The molecule has 0 spiro atoms. The van der Waals surface area contributed by atoms with Gasteiger partial charge in [0.2, 0.25) is 0 Å². The fraction of sp³-hybridized carbons (Fsp3) is 0.167. The molecular formula is C12H12O3. The van der Waals surface area contributed by atoms with Crippen LogP contribution in [0.4, 0.5) is 0 Å². The van der Waals surface area contributed by atoms with Crippen molar-refractivity contribution in [3.8, 4) is 0 Å². The summed E-state index contributed by atoms with van der Waals surface area (Å²) >= 11 is 0. The SMILES string of the molecule is C=CCCOC(=O)c1ccccc1C=O. The van der Waals surface area contributed by atoms with Crippen molar-refractivity contribution in [2.24, 2.45) is 0 Å². The average Bonchev–Trinajstić information content (AvgIpc) is 2.29. The lowest BCUT2D eigenvalue weighted by Gasteiger charge is -2.04. The summed E-state index contributed by atoms with van der Waals surface area (Å²) in [6.07, 6.45) is 2.91. The van der Waals surface area contributed by atoms with E-state index in [0.29, 0.717) is 23.8 Å². The molecule has 0 saturated carbocycles. The van der Waals surface area contributed by atoms with Gasteiger partial charge in [-0.15, -0.1) is 6.58 Å². The van der Waals surface area contributed by atoms with Crippen LogP contribution in [0, 0.1) is 0 Å². The van der Waals surface area contributed by atoms with E-state index in [1.54, 1.807) is 30.3 Å². The minimum Gasteiger partial charge on any atom is -0.462 e. The Bertz CT molecular complexity index is 369. The monoisotopic (exact) mass is 204 g/mol. The molecule has 0 N–H and O–H groups in total. The molecule has 1 aromatic rings. The summed E-state index contributed by atoms with van der Waals surface area (Å²) in [6.45, 7) is 3.80. The topological polar surface area (TPSA) is 43.4 Å². The average molecular weight is 204 g/mol. The molecule has 0 saturated heterocycles. The van der Waals surface area contributed by atoms with E-state index < -0.39 is 5.97 Å². The minimum absolute atomic E-state index is 0.287. The summed E-state index contributed by atoms with van der Waals surface area (Å²) in [4.78, 5) is 22.1. The zero-order valence-corrected chi connectivity index (χ0v) is 8.31. The fourth-order valence-corrected chi connectivity index (χ4v) is 1.10. The molecule has 15 heavy (non-hydrogen) atoms. The number of esters is 1. The maximum Gasteiger partial charge on any atom is 0.338 e. The summed E-state index contributed by atoms with van der Waals surface area (Å²) in [6, 6.07) is 6.54. The molecule has 0 aliphatic carbocycles. The Labute approximate surface area is 88.4 Å². The summed E-state index contributed by atoms with van der Waals surface area (Å²) in [5.74, 6) is -0.473. The molecule has 0 bridgehead atoms. The van der Waals surface area contributed by atoms with Gasteiger partial charge >= 0.3 is 5.97 Å². The first-order chi connectivity index (χ1) is 7.29. The molecule has 1 aromatic carbocycles. The predicted octanol–water partition coefficient (Wildman–Crippen LogP) is 2.23. The molecule has 0 aromatic heterocycles. The summed E-state index contributed by atoms with van der Waals surface area (Å²) in [5.41, 5.74) is 0.651. The fourth-order valence-electron chi connectivity index (χ4n) is 1.10. The van der Waals surface area contributed by atoms with Crippen LogP contribution in [0.5, 0.6) is 0 Å². The first-order valence-electron chi connectivity index (χ1n) is 4.62. The number of hydrogen-bond acceptors (Lipinski definition) is 3. The molecule has 0 heterocycles. The van der Waals surface area contributed by atoms with Crippen LogP contribution in [-0.2, 0) is 4.74 Å². The van der Waals surface area contributed by atoms with Crippen molar-refractivity contribution < 1.29 is 14.3 Å². The van der Waals surface area contributed by atoms with Gasteiger partial charge < -0.3 is 4.74 Å². The largest absolute Gasteiger partial charge is 0.462 e. The lowest BCUT2D eigenvalue weighted by molar-refractivity contribution is 0.0509. The third-order valence-corrected chi connectivity index (χ3v) is 1.86. The van der Waals surface area contributed by atoms with E-state index in [1.807, 2.05) is 0 Å². The Morgan fingerprint density at radius 1 is 1.40 bits per heavy atom. The molecule has 0 fully saturated rings. The van der Waals surface area contributed by atoms with E-state index >= 15 is 0 Å². The van der Waals surface area contributed by atoms with Gasteiger partial charge in [-0.05, 0) is 12.5 Å². The molecular weight excluding hydrogens is 192 g/mol. The van der Waals surface area contributed by atoms with Crippen molar-refractivity contribution in [3.63, 3.8) is 0 Å². The third kappa shape index (κ3) is 3.06. The number of aldehydes is 1. The van der Waals surface area contributed by atoms with Crippen molar-refractivity contribution in [1.82, 2.24) is 0 Å². The molecule has 1 rings (SSSR count). The Balaban J connectivity index is 2.72. The van der Waals surface area contributed by atoms with Gasteiger partial charge in [0.05, 0.1) is 12.2 Å². The normalized spacial score (nSPS) is 9.33. The van der Waals surface area contributed by atoms with Gasteiger partial charge in [-0.25, -0.2) is 4.79 Å². The van der Waals surface area contributed by atoms with Crippen molar-refractivity contribution in [3.05, 3.63) is 48.0 Å². The second-order valence-electron chi connectivity index (χ2n) is 2.92. The number of rotatable bonds is 5. The molecule has 78 valence electrons. The van der Waals surface area contributed by atoms with Crippen molar-refractivity contribution in [2.75, 3.05) is 6.61 Å². The number of ether oxygens (including phenoxy) is 1. The Morgan fingerprint density at radius 3 is 2.80 bits per heavy atom. The number of carbonyl (C=O) groups excluding carboxylic acids is 2. The molecule has 0 radical (unpaired) electrons. The zero-order valence-electron chi connectivity index (χ0n) is 8.31. The summed E-state index contributed by atoms with van der Waals surface area (Å²) in [7, 11) is 0. The maximum atomic E-state index is 11.5. The Hall–Kier alpha value is -1.90.